The Morgan fingerprint density at radius 3 is 2.22 bits per heavy atom. The highest BCUT2D eigenvalue weighted by atomic mass is 35.5. The first-order valence-corrected chi connectivity index (χ1v) is 7.63. The predicted molar refractivity (Wildman–Crippen MR) is 89.3 cm³/mol. The molecule has 0 fully saturated rings. The molecule has 0 bridgehead atoms. The van der Waals surface area contributed by atoms with E-state index in [0.717, 1.165) is 16.6 Å². The van der Waals surface area contributed by atoms with Crippen LogP contribution in [0.15, 0.2) is 36.4 Å². The van der Waals surface area contributed by atoms with E-state index in [0.29, 0.717) is 22.6 Å². The number of hydrogen-bond donors (Lipinski definition) is 0. The maximum atomic E-state index is 6.62. The van der Waals surface area contributed by atoms with Gasteiger partial charge in [-0.1, -0.05) is 23.7 Å². The summed E-state index contributed by atoms with van der Waals surface area (Å²) in [5, 5.41) is 1.81. The van der Waals surface area contributed by atoms with Crippen molar-refractivity contribution >= 4 is 22.5 Å². The number of methoxy groups -OCH3 is 2. The van der Waals surface area contributed by atoms with Gasteiger partial charge in [0, 0.05) is 12.1 Å². The maximum Gasteiger partial charge on any atom is 0.233 e. The molecule has 1 aliphatic carbocycles. The third-order valence-corrected chi connectivity index (χ3v) is 4.20. The van der Waals surface area contributed by atoms with E-state index in [-0.39, 0.29) is 12.4 Å². The van der Waals surface area contributed by atoms with Gasteiger partial charge in [-0.25, -0.2) is 0 Å². The van der Waals surface area contributed by atoms with E-state index in [1.54, 1.807) is 14.2 Å². The Kier molecular flexibility index (Phi) is 5.23. The first-order chi connectivity index (χ1) is 10.6. The van der Waals surface area contributed by atoms with Crippen molar-refractivity contribution in [2.24, 2.45) is 0 Å². The number of hydrogen-bond acceptors (Lipinski definition) is 2. The van der Waals surface area contributed by atoms with Crippen LogP contribution in [0.5, 0.6) is 11.5 Å². The monoisotopic (exact) mass is 351 g/mol. The Labute approximate surface area is 147 Å². The van der Waals surface area contributed by atoms with Gasteiger partial charge in [0.2, 0.25) is 11.2 Å². The number of rotatable bonds is 3. The number of benzene rings is 1. The normalized spacial score (nSPS) is 10.9. The van der Waals surface area contributed by atoms with Crippen molar-refractivity contribution in [2.75, 3.05) is 14.2 Å². The second-order valence-electron chi connectivity index (χ2n) is 5.52. The van der Waals surface area contributed by atoms with Crippen LogP contribution in [-0.2, 0) is 0 Å². The SMILES string of the molecule is COc1cc(Cl)c2[n+](C(C)C)c3ccccc3c-2cc1OC.[Cl-]. The van der Waals surface area contributed by atoms with Gasteiger partial charge in [0.05, 0.1) is 25.2 Å². The Bertz CT molecular complexity index is 818. The van der Waals surface area contributed by atoms with Crippen molar-refractivity contribution in [3.05, 3.63) is 41.4 Å². The minimum atomic E-state index is 0. The Morgan fingerprint density at radius 1 is 1.00 bits per heavy atom. The van der Waals surface area contributed by atoms with E-state index in [9.17, 15) is 0 Å². The van der Waals surface area contributed by atoms with Crippen molar-refractivity contribution in [3.63, 3.8) is 0 Å². The molecule has 122 valence electrons. The van der Waals surface area contributed by atoms with Gasteiger partial charge in [-0.3, -0.25) is 0 Å². The molecule has 0 atom stereocenters. The van der Waals surface area contributed by atoms with E-state index in [1.807, 2.05) is 24.3 Å². The van der Waals surface area contributed by atoms with Gasteiger partial charge in [-0.2, -0.15) is 4.57 Å². The van der Waals surface area contributed by atoms with Crippen molar-refractivity contribution in [1.29, 1.82) is 0 Å². The molecule has 5 heteroatoms. The molecule has 1 aromatic rings. The van der Waals surface area contributed by atoms with Gasteiger partial charge in [0.1, 0.15) is 5.02 Å². The highest BCUT2D eigenvalue weighted by Crippen LogP contribution is 2.40. The summed E-state index contributed by atoms with van der Waals surface area (Å²) >= 11 is 6.62. The van der Waals surface area contributed by atoms with Crippen LogP contribution < -0.4 is 26.4 Å². The average molecular weight is 352 g/mol. The fourth-order valence-electron chi connectivity index (χ4n) is 2.99. The van der Waals surface area contributed by atoms with Crippen LogP contribution in [0.2, 0.25) is 5.02 Å². The Hall–Kier alpha value is -1.71. The van der Waals surface area contributed by atoms with Crippen LogP contribution in [-0.4, -0.2) is 14.2 Å². The summed E-state index contributed by atoms with van der Waals surface area (Å²) in [5.74, 6) is 1.30. The van der Waals surface area contributed by atoms with Gasteiger partial charge in [-0.05, 0) is 26.0 Å². The summed E-state index contributed by atoms with van der Waals surface area (Å²) in [5.41, 5.74) is 3.23. The van der Waals surface area contributed by atoms with Crippen molar-refractivity contribution in [2.45, 2.75) is 19.9 Å². The van der Waals surface area contributed by atoms with Crippen molar-refractivity contribution in [1.82, 2.24) is 0 Å². The molecule has 23 heavy (non-hydrogen) atoms. The summed E-state index contributed by atoms with van der Waals surface area (Å²) in [6.07, 6.45) is 0. The van der Waals surface area contributed by atoms with Gasteiger partial charge >= 0.3 is 0 Å². The number of nitrogens with zero attached hydrogens (tertiary/aromatic N) is 1. The molecule has 0 saturated carbocycles. The number of fused-ring (bicyclic) bond motifs is 3. The second-order valence-corrected chi connectivity index (χ2v) is 5.92. The zero-order chi connectivity index (χ0) is 15.9. The lowest BCUT2D eigenvalue weighted by Crippen LogP contribution is -3.00. The molecule has 0 unspecified atom stereocenters. The van der Waals surface area contributed by atoms with Crippen LogP contribution in [0, 0.1) is 0 Å². The Balaban J connectivity index is 0.00000192. The molecule has 1 aromatic carbocycles. The zero-order valence-electron chi connectivity index (χ0n) is 13.6. The molecule has 1 heterocycles. The zero-order valence-corrected chi connectivity index (χ0v) is 15.1. The van der Waals surface area contributed by atoms with Crippen LogP contribution in [0.1, 0.15) is 19.9 Å². The van der Waals surface area contributed by atoms with E-state index in [4.69, 9.17) is 21.1 Å². The number of para-hydroxylation sites is 1. The van der Waals surface area contributed by atoms with Gasteiger partial charge < -0.3 is 21.9 Å². The highest BCUT2D eigenvalue weighted by molar-refractivity contribution is 6.33. The predicted octanol–water partition coefficient (Wildman–Crippen LogP) is 1.49. The minimum Gasteiger partial charge on any atom is -1.00 e. The number of halogens is 2. The molecular weight excluding hydrogens is 333 g/mol. The highest BCUT2D eigenvalue weighted by Gasteiger charge is 2.30. The lowest BCUT2D eigenvalue weighted by Gasteiger charge is -2.02. The molecule has 0 N–H and O–H groups in total. The fraction of sp³-hybridized carbons (Fsp3) is 0.278. The number of ether oxygens (including phenoxy) is 2. The molecular formula is C18H19Cl2NO2. The molecule has 0 spiro atoms. The summed E-state index contributed by atoms with van der Waals surface area (Å²) in [6.45, 7) is 4.31. The van der Waals surface area contributed by atoms with Crippen LogP contribution >= 0.6 is 11.6 Å². The third-order valence-electron chi connectivity index (χ3n) is 3.91. The third kappa shape index (κ3) is 2.79. The van der Waals surface area contributed by atoms with Gasteiger partial charge in [0.25, 0.3) is 0 Å². The van der Waals surface area contributed by atoms with E-state index < -0.39 is 0 Å². The molecule has 3 rings (SSSR count). The van der Waals surface area contributed by atoms with E-state index in [1.165, 1.54) is 5.52 Å². The molecule has 0 saturated heterocycles. The lowest BCUT2D eigenvalue weighted by atomic mass is 10.1. The lowest BCUT2D eigenvalue weighted by molar-refractivity contribution is -0.678. The maximum absolute atomic E-state index is 6.62. The van der Waals surface area contributed by atoms with E-state index >= 15 is 0 Å². The van der Waals surface area contributed by atoms with E-state index in [2.05, 4.69) is 30.5 Å². The largest absolute Gasteiger partial charge is 1.00 e. The van der Waals surface area contributed by atoms with Crippen LogP contribution in [0.25, 0.3) is 22.2 Å². The standard InChI is InChI=1S/C18H19ClNO2.ClH/c1-11(2)20-15-8-6-5-7-12(15)13-9-16(21-3)17(22-4)10-14(19)18(13)20;/h5-11H,1-4H3;1H/q+1;/p-1. The number of aromatic nitrogens is 1. The molecule has 3 nitrogen and oxygen atoms in total. The van der Waals surface area contributed by atoms with Gasteiger partial charge in [0.15, 0.2) is 17.5 Å². The summed E-state index contributed by atoms with van der Waals surface area (Å²) in [6, 6.07) is 12.4. The average Bonchev–Trinajstić information content (AvgIpc) is 2.77. The quantitative estimate of drug-likeness (QED) is 0.667. The molecule has 0 aromatic heterocycles. The summed E-state index contributed by atoms with van der Waals surface area (Å²) < 4.78 is 13.2. The topological polar surface area (TPSA) is 22.3 Å². The smallest absolute Gasteiger partial charge is 0.233 e. The van der Waals surface area contributed by atoms with Crippen molar-refractivity contribution < 1.29 is 26.4 Å². The van der Waals surface area contributed by atoms with Crippen LogP contribution in [0.4, 0.5) is 0 Å². The minimum absolute atomic E-state index is 0. The molecule has 0 radical (unpaired) electrons. The van der Waals surface area contributed by atoms with Crippen molar-refractivity contribution in [3.8, 4) is 22.8 Å². The first-order valence-electron chi connectivity index (χ1n) is 7.26. The van der Waals surface area contributed by atoms with Gasteiger partial charge in [-0.15, -0.1) is 0 Å². The first kappa shape index (κ1) is 17.6. The molecule has 2 aliphatic rings. The summed E-state index contributed by atoms with van der Waals surface area (Å²) in [7, 11) is 3.26. The molecule has 0 amide bonds. The second kappa shape index (κ2) is 6.81. The fourth-order valence-corrected chi connectivity index (χ4v) is 3.28. The molecule has 1 aliphatic heterocycles. The van der Waals surface area contributed by atoms with Crippen LogP contribution in [0.3, 0.4) is 0 Å². The summed E-state index contributed by atoms with van der Waals surface area (Å²) in [4.78, 5) is 0. The Morgan fingerprint density at radius 2 is 1.61 bits per heavy atom.